The number of benzene rings is 1. The fraction of sp³-hybridized carbons (Fsp3) is 0.538. The van der Waals surface area contributed by atoms with Crippen molar-refractivity contribution in [2.75, 3.05) is 12.8 Å². The molecule has 5 heteroatoms. The van der Waals surface area contributed by atoms with E-state index in [4.69, 9.17) is 5.73 Å². The summed E-state index contributed by atoms with van der Waals surface area (Å²) < 4.78 is 22.9. The summed E-state index contributed by atoms with van der Waals surface area (Å²) in [5.74, 6) is -0.172. The van der Waals surface area contributed by atoms with E-state index in [0.717, 1.165) is 37.5 Å². The van der Waals surface area contributed by atoms with Gasteiger partial charge in [-0.2, -0.15) is 0 Å². The highest BCUT2D eigenvalue weighted by atomic mass is 32.2. The predicted molar refractivity (Wildman–Crippen MR) is 70.4 cm³/mol. The summed E-state index contributed by atoms with van der Waals surface area (Å²) in [6.07, 6.45) is 5.36. The third-order valence-corrected chi connectivity index (χ3v) is 5.07. The highest BCUT2D eigenvalue weighted by Crippen LogP contribution is 2.42. The van der Waals surface area contributed by atoms with E-state index in [1.165, 1.54) is 6.07 Å². The Kier molecular flexibility index (Phi) is 3.38. The molecule has 0 bridgehead atoms. The molecule has 0 unspecified atom stereocenters. The van der Waals surface area contributed by atoms with Crippen LogP contribution < -0.4 is 5.73 Å². The van der Waals surface area contributed by atoms with Gasteiger partial charge in [-0.15, -0.1) is 0 Å². The number of rotatable bonds is 3. The number of nitrogens with two attached hydrogens (primary N) is 1. The molecule has 1 aliphatic carbocycles. The summed E-state index contributed by atoms with van der Waals surface area (Å²) in [4.78, 5) is -0.0172. The lowest BCUT2D eigenvalue weighted by Gasteiger charge is -2.28. The molecule has 3 N–H and O–H groups in total. The maximum Gasteiger partial charge on any atom is 0.179 e. The maximum absolute atomic E-state index is 11.5. The molecule has 100 valence electrons. The SMILES string of the molecule is CS(=O)(=O)c1ccc(C2(CN)CCCC2)cc1O. The number of phenolic OH excluding ortho intramolecular Hbond substituents is 1. The van der Waals surface area contributed by atoms with Gasteiger partial charge in [0, 0.05) is 18.2 Å². The molecule has 1 aromatic carbocycles. The molecule has 0 aromatic heterocycles. The van der Waals surface area contributed by atoms with Crippen molar-refractivity contribution in [3.8, 4) is 5.75 Å². The van der Waals surface area contributed by atoms with Gasteiger partial charge in [0.05, 0.1) is 0 Å². The zero-order valence-electron chi connectivity index (χ0n) is 10.5. The van der Waals surface area contributed by atoms with Crippen LogP contribution in [-0.2, 0) is 15.3 Å². The fourth-order valence-electron chi connectivity index (χ4n) is 2.82. The van der Waals surface area contributed by atoms with E-state index in [2.05, 4.69) is 0 Å². The summed E-state index contributed by atoms with van der Waals surface area (Å²) in [7, 11) is -3.38. The van der Waals surface area contributed by atoms with Gasteiger partial charge in [-0.05, 0) is 30.5 Å². The van der Waals surface area contributed by atoms with Gasteiger partial charge in [-0.3, -0.25) is 0 Å². The molecule has 1 saturated carbocycles. The molecule has 1 aromatic rings. The Morgan fingerprint density at radius 1 is 1.33 bits per heavy atom. The molecule has 0 aliphatic heterocycles. The Bertz CT molecular complexity index is 545. The average Bonchev–Trinajstić information content (AvgIpc) is 2.76. The Hall–Kier alpha value is -1.07. The largest absolute Gasteiger partial charge is 0.507 e. The van der Waals surface area contributed by atoms with Crippen molar-refractivity contribution in [2.24, 2.45) is 5.73 Å². The summed E-state index contributed by atoms with van der Waals surface area (Å²) in [6.45, 7) is 0.532. The molecule has 0 radical (unpaired) electrons. The van der Waals surface area contributed by atoms with Crippen LogP contribution >= 0.6 is 0 Å². The molecule has 0 saturated heterocycles. The Balaban J connectivity index is 2.46. The highest BCUT2D eigenvalue weighted by molar-refractivity contribution is 7.90. The van der Waals surface area contributed by atoms with Crippen molar-refractivity contribution < 1.29 is 13.5 Å². The van der Waals surface area contributed by atoms with Gasteiger partial charge >= 0.3 is 0 Å². The molecule has 0 heterocycles. The molecule has 0 atom stereocenters. The van der Waals surface area contributed by atoms with Crippen LogP contribution in [0.5, 0.6) is 5.75 Å². The summed E-state index contributed by atoms with van der Waals surface area (Å²) >= 11 is 0. The summed E-state index contributed by atoms with van der Waals surface area (Å²) in [5, 5.41) is 9.88. The molecular formula is C13H19NO3S. The summed E-state index contributed by atoms with van der Waals surface area (Å²) in [6, 6.07) is 4.83. The van der Waals surface area contributed by atoms with E-state index >= 15 is 0 Å². The van der Waals surface area contributed by atoms with Crippen LogP contribution in [0.25, 0.3) is 0 Å². The van der Waals surface area contributed by atoms with Crippen molar-refractivity contribution in [3.63, 3.8) is 0 Å². The first-order valence-corrected chi connectivity index (χ1v) is 8.02. The van der Waals surface area contributed by atoms with Gasteiger partial charge in [-0.25, -0.2) is 8.42 Å². The van der Waals surface area contributed by atoms with Crippen LogP contribution in [0.2, 0.25) is 0 Å². The fourth-order valence-corrected chi connectivity index (χ4v) is 3.58. The first-order chi connectivity index (χ1) is 8.39. The Labute approximate surface area is 108 Å². The average molecular weight is 269 g/mol. The van der Waals surface area contributed by atoms with E-state index < -0.39 is 9.84 Å². The zero-order valence-corrected chi connectivity index (χ0v) is 11.3. The minimum atomic E-state index is -3.38. The molecular weight excluding hydrogens is 250 g/mol. The van der Waals surface area contributed by atoms with E-state index in [-0.39, 0.29) is 16.1 Å². The topological polar surface area (TPSA) is 80.4 Å². The number of aromatic hydroxyl groups is 1. The van der Waals surface area contributed by atoms with Crippen LogP contribution in [0.3, 0.4) is 0 Å². The molecule has 1 aliphatic rings. The third-order valence-electron chi connectivity index (χ3n) is 3.92. The Morgan fingerprint density at radius 2 is 1.94 bits per heavy atom. The smallest absolute Gasteiger partial charge is 0.179 e. The standard InChI is InChI=1S/C13H19NO3S/c1-18(16,17)12-5-4-10(8-11(12)15)13(9-14)6-2-3-7-13/h4-5,8,15H,2-3,6-7,9,14H2,1H3. The van der Waals surface area contributed by atoms with Gasteiger partial charge in [-0.1, -0.05) is 18.9 Å². The molecule has 2 rings (SSSR count). The first kappa shape index (κ1) is 13.4. The van der Waals surface area contributed by atoms with Crippen LogP contribution in [0.1, 0.15) is 31.2 Å². The number of hydrogen-bond acceptors (Lipinski definition) is 4. The van der Waals surface area contributed by atoms with E-state index in [9.17, 15) is 13.5 Å². The van der Waals surface area contributed by atoms with Gasteiger partial charge in [0.2, 0.25) is 0 Å². The highest BCUT2D eigenvalue weighted by Gasteiger charge is 2.34. The van der Waals surface area contributed by atoms with Gasteiger partial charge in [0.25, 0.3) is 0 Å². The predicted octanol–water partition coefficient (Wildman–Crippen LogP) is 1.57. The van der Waals surface area contributed by atoms with Crippen molar-refractivity contribution in [1.29, 1.82) is 0 Å². The van der Waals surface area contributed by atoms with Gasteiger partial charge < -0.3 is 10.8 Å². The number of hydrogen-bond donors (Lipinski definition) is 2. The normalized spacial score (nSPS) is 19.0. The number of sulfone groups is 1. The second-order valence-electron chi connectivity index (χ2n) is 5.15. The van der Waals surface area contributed by atoms with E-state index in [0.29, 0.717) is 6.54 Å². The van der Waals surface area contributed by atoms with E-state index in [1.54, 1.807) is 12.1 Å². The van der Waals surface area contributed by atoms with Crippen LogP contribution in [0, 0.1) is 0 Å². The Morgan fingerprint density at radius 3 is 2.39 bits per heavy atom. The molecule has 18 heavy (non-hydrogen) atoms. The van der Waals surface area contributed by atoms with Crippen molar-refractivity contribution in [2.45, 2.75) is 36.0 Å². The number of phenols is 1. The maximum atomic E-state index is 11.5. The molecule has 0 amide bonds. The van der Waals surface area contributed by atoms with Crippen LogP contribution in [0.15, 0.2) is 23.1 Å². The second-order valence-corrected chi connectivity index (χ2v) is 7.13. The van der Waals surface area contributed by atoms with Crippen LogP contribution in [0.4, 0.5) is 0 Å². The molecule has 4 nitrogen and oxygen atoms in total. The third kappa shape index (κ3) is 2.24. The van der Waals surface area contributed by atoms with Crippen LogP contribution in [-0.4, -0.2) is 26.3 Å². The minimum absolute atomic E-state index is 0.0172. The lowest BCUT2D eigenvalue weighted by Crippen LogP contribution is -2.31. The quantitative estimate of drug-likeness (QED) is 0.872. The van der Waals surface area contributed by atoms with Crippen molar-refractivity contribution in [3.05, 3.63) is 23.8 Å². The minimum Gasteiger partial charge on any atom is -0.507 e. The first-order valence-electron chi connectivity index (χ1n) is 6.13. The zero-order chi connectivity index (χ0) is 13.4. The van der Waals surface area contributed by atoms with Gasteiger partial charge in [0.1, 0.15) is 10.6 Å². The molecule has 0 spiro atoms. The lowest BCUT2D eigenvalue weighted by molar-refractivity contribution is 0.434. The second kappa shape index (κ2) is 4.55. The van der Waals surface area contributed by atoms with E-state index in [1.807, 2.05) is 0 Å². The lowest BCUT2D eigenvalue weighted by atomic mass is 9.79. The van der Waals surface area contributed by atoms with Gasteiger partial charge in [0.15, 0.2) is 9.84 Å². The van der Waals surface area contributed by atoms with Crippen molar-refractivity contribution in [1.82, 2.24) is 0 Å². The monoisotopic (exact) mass is 269 g/mol. The van der Waals surface area contributed by atoms with Crippen molar-refractivity contribution >= 4 is 9.84 Å². The molecule has 1 fully saturated rings. The summed E-state index contributed by atoms with van der Waals surface area (Å²) in [5.41, 5.74) is 6.74.